The maximum absolute atomic E-state index is 12.9. The number of piperidine rings is 1. The van der Waals surface area contributed by atoms with Crippen molar-refractivity contribution in [3.63, 3.8) is 0 Å². The van der Waals surface area contributed by atoms with Crippen molar-refractivity contribution in [3.05, 3.63) is 48.0 Å². The summed E-state index contributed by atoms with van der Waals surface area (Å²) in [6.07, 6.45) is 3.49. The van der Waals surface area contributed by atoms with Crippen LogP contribution >= 0.6 is 0 Å². The molecule has 0 saturated carbocycles. The molecular weight excluding hydrogens is 296 g/mol. The van der Waals surface area contributed by atoms with Gasteiger partial charge in [0.2, 0.25) is 5.91 Å². The Morgan fingerprint density at radius 1 is 1.17 bits per heavy atom. The Morgan fingerprint density at radius 3 is 2.58 bits per heavy atom. The molecule has 0 radical (unpaired) electrons. The van der Waals surface area contributed by atoms with Crippen molar-refractivity contribution in [1.29, 1.82) is 0 Å². The number of nitrogens with one attached hydrogen (secondary N) is 1. The number of likely N-dealkylation sites (tertiary alicyclic amines) is 1. The first-order valence-electron chi connectivity index (χ1n) is 9.11. The van der Waals surface area contributed by atoms with Crippen molar-refractivity contribution in [1.82, 2.24) is 10.2 Å². The SMILES string of the molecule is CNCCC1CCN(C(=O)C(C)c2ccc3ccccc3c2)CC1. The van der Waals surface area contributed by atoms with Gasteiger partial charge in [0.05, 0.1) is 5.92 Å². The van der Waals surface area contributed by atoms with E-state index in [4.69, 9.17) is 0 Å². The molecule has 0 aliphatic carbocycles. The minimum atomic E-state index is -0.0662. The number of amides is 1. The molecule has 1 saturated heterocycles. The van der Waals surface area contributed by atoms with Gasteiger partial charge in [0.1, 0.15) is 0 Å². The van der Waals surface area contributed by atoms with Gasteiger partial charge in [-0.15, -0.1) is 0 Å². The topological polar surface area (TPSA) is 32.3 Å². The van der Waals surface area contributed by atoms with Crippen LogP contribution in [-0.2, 0) is 4.79 Å². The molecule has 0 aromatic heterocycles. The Balaban J connectivity index is 1.64. The number of hydrogen-bond acceptors (Lipinski definition) is 2. The number of carbonyl (C=O) groups excluding carboxylic acids is 1. The second-order valence-electron chi connectivity index (χ2n) is 6.99. The van der Waals surface area contributed by atoms with Crippen LogP contribution in [0, 0.1) is 5.92 Å². The van der Waals surface area contributed by atoms with Crippen LogP contribution in [0.5, 0.6) is 0 Å². The van der Waals surface area contributed by atoms with Crippen LogP contribution in [0.4, 0.5) is 0 Å². The normalized spacial score (nSPS) is 17.2. The number of carbonyl (C=O) groups is 1. The fraction of sp³-hybridized carbons (Fsp3) is 0.476. The molecule has 1 fully saturated rings. The van der Waals surface area contributed by atoms with E-state index < -0.39 is 0 Å². The molecule has 3 rings (SSSR count). The second kappa shape index (κ2) is 7.80. The summed E-state index contributed by atoms with van der Waals surface area (Å²) in [4.78, 5) is 14.9. The molecule has 128 valence electrons. The van der Waals surface area contributed by atoms with Gasteiger partial charge in [-0.05, 0) is 62.0 Å². The Hall–Kier alpha value is -1.87. The molecule has 2 aromatic carbocycles. The van der Waals surface area contributed by atoms with Crippen molar-refractivity contribution < 1.29 is 4.79 Å². The standard InChI is InChI=1S/C21H28N2O/c1-16(19-8-7-18-5-3-4-6-20(18)15-19)21(24)23-13-10-17(11-14-23)9-12-22-2/h3-8,15-17,22H,9-14H2,1-2H3. The monoisotopic (exact) mass is 324 g/mol. The largest absolute Gasteiger partial charge is 0.342 e. The van der Waals surface area contributed by atoms with Gasteiger partial charge in [-0.1, -0.05) is 42.5 Å². The van der Waals surface area contributed by atoms with Crippen LogP contribution in [0.15, 0.2) is 42.5 Å². The van der Waals surface area contributed by atoms with Crippen molar-refractivity contribution in [2.24, 2.45) is 5.92 Å². The lowest BCUT2D eigenvalue weighted by atomic mass is 9.91. The fourth-order valence-corrected chi connectivity index (χ4v) is 3.68. The van der Waals surface area contributed by atoms with Crippen molar-refractivity contribution in [2.75, 3.05) is 26.7 Å². The van der Waals surface area contributed by atoms with E-state index in [-0.39, 0.29) is 11.8 Å². The first-order chi connectivity index (χ1) is 11.7. The van der Waals surface area contributed by atoms with E-state index in [1.54, 1.807) is 0 Å². The highest BCUT2D eigenvalue weighted by Crippen LogP contribution is 2.26. The summed E-state index contributed by atoms with van der Waals surface area (Å²) in [5, 5.41) is 5.66. The molecule has 3 heteroatoms. The van der Waals surface area contributed by atoms with Crippen LogP contribution in [0.25, 0.3) is 10.8 Å². The van der Waals surface area contributed by atoms with Gasteiger partial charge in [0.25, 0.3) is 0 Å². The highest BCUT2D eigenvalue weighted by atomic mass is 16.2. The van der Waals surface area contributed by atoms with Gasteiger partial charge in [0, 0.05) is 13.1 Å². The Kier molecular flexibility index (Phi) is 5.52. The zero-order chi connectivity index (χ0) is 16.9. The van der Waals surface area contributed by atoms with Crippen LogP contribution < -0.4 is 5.32 Å². The number of hydrogen-bond donors (Lipinski definition) is 1. The summed E-state index contributed by atoms with van der Waals surface area (Å²) in [5.41, 5.74) is 1.12. The molecule has 1 heterocycles. The minimum Gasteiger partial charge on any atom is -0.342 e. The van der Waals surface area contributed by atoms with Gasteiger partial charge >= 0.3 is 0 Å². The lowest BCUT2D eigenvalue weighted by Crippen LogP contribution is -2.40. The molecule has 24 heavy (non-hydrogen) atoms. The summed E-state index contributed by atoms with van der Waals surface area (Å²) in [6.45, 7) is 4.93. The highest BCUT2D eigenvalue weighted by Gasteiger charge is 2.26. The van der Waals surface area contributed by atoms with Gasteiger partial charge < -0.3 is 10.2 Å². The van der Waals surface area contributed by atoms with Crippen molar-refractivity contribution in [2.45, 2.75) is 32.1 Å². The van der Waals surface area contributed by atoms with Crippen LogP contribution in [0.3, 0.4) is 0 Å². The third kappa shape index (κ3) is 3.78. The maximum atomic E-state index is 12.9. The fourth-order valence-electron chi connectivity index (χ4n) is 3.68. The van der Waals surface area contributed by atoms with E-state index in [1.807, 2.05) is 14.0 Å². The van der Waals surface area contributed by atoms with Crippen molar-refractivity contribution in [3.8, 4) is 0 Å². The molecule has 1 amide bonds. The average molecular weight is 324 g/mol. The smallest absolute Gasteiger partial charge is 0.229 e. The van der Waals surface area contributed by atoms with E-state index in [0.717, 1.165) is 44.0 Å². The number of benzene rings is 2. The van der Waals surface area contributed by atoms with Gasteiger partial charge in [0.15, 0.2) is 0 Å². The summed E-state index contributed by atoms with van der Waals surface area (Å²) in [5.74, 6) is 0.971. The Morgan fingerprint density at radius 2 is 1.88 bits per heavy atom. The van der Waals surface area contributed by atoms with Gasteiger partial charge in [-0.3, -0.25) is 4.79 Å². The second-order valence-corrected chi connectivity index (χ2v) is 6.99. The molecule has 0 bridgehead atoms. The van der Waals surface area contributed by atoms with Crippen LogP contribution in [-0.4, -0.2) is 37.5 Å². The molecule has 1 aliphatic heterocycles. The third-order valence-electron chi connectivity index (χ3n) is 5.37. The lowest BCUT2D eigenvalue weighted by molar-refractivity contribution is -0.133. The molecule has 2 aromatic rings. The molecule has 1 N–H and O–H groups in total. The van der Waals surface area contributed by atoms with E-state index in [0.29, 0.717) is 0 Å². The highest BCUT2D eigenvalue weighted by molar-refractivity contribution is 5.87. The summed E-state index contributed by atoms with van der Waals surface area (Å²) in [7, 11) is 2.00. The van der Waals surface area contributed by atoms with E-state index >= 15 is 0 Å². The molecule has 1 aliphatic rings. The first kappa shape index (κ1) is 17.0. The summed E-state index contributed by atoms with van der Waals surface area (Å²) >= 11 is 0. The summed E-state index contributed by atoms with van der Waals surface area (Å²) in [6, 6.07) is 14.7. The van der Waals surface area contributed by atoms with E-state index in [9.17, 15) is 4.79 Å². The van der Waals surface area contributed by atoms with Gasteiger partial charge in [-0.2, -0.15) is 0 Å². The maximum Gasteiger partial charge on any atom is 0.229 e. The molecular formula is C21H28N2O. The molecule has 0 spiro atoms. The van der Waals surface area contributed by atoms with Crippen molar-refractivity contribution >= 4 is 16.7 Å². The number of nitrogens with zero attached hydrogens (tertiary/aromatic N) is 1. The minimum absolute atomic E-state index is 0.0662. The Labute approximate surface area is 145 Å². The van der Waals surface area contributed by atoms with Gasteiger partial charge in [-0.25, -0.2) is 0 Å². The zero-order valence-corrected chi connectivity index (χ0v) is 14.8. The summed E-state index contributed by atoms with van der Waals surface area (Å²) < 4.78 is 0. The number of rotatable bonds is 5. The molecule has 3 nitrogen and oxygen atoms in total. The third-order valence-corrected chi connectivity index (χ3v) is 5.37. The van der Waals surface area contributed by atoms with E-state index in [2.05, 4.69) is 52.7 Å². The average Bonchev–Trinajstić information content (AvgIpc) is 2.65. The van der Waals surface area contributed by atoms with Crippen LogP contribution in [0.2, 0.25) is 0 Å². The van der Waals surface area contributed by atoms with E-state index in [1.165, 1.54) is 17.2 Å². The quantitative estimate of drug-likeness (QED) is 0.907. The predicted octanol–water partition coefficient (Wildman–Crippen LogP) is 3.79. The Bertz CT molecular complexity index is 689. The zero-order valence-electron chi connectivity index (χ0n) is 14.8. The van der Waals surface area contributed by atoms with Crippen LogP contribution in [0.1, 0.15) is 37.7 Å². The first-order valence-corrected chi connectivity index (χ1v) is 9.11. The number of fused-ring (bicyclic) bond motifs is 1. The molecule has 1 unspecified atom stereocenters. The lowest BCUT2D eigenvalue weighted by Gasteiger charge is -2.33. The predicted molar refractivity (Wildman–Crippen MR) is 100 cm³/mol. The molecule has 1 atom stereocenters.